The molecule has 2 fully saturated rings. The number of benzene rings is 1. The fraction of sp³-hybridized carbons (Fsp3) is 0.500. The summed E-state index contributed by atoms with van der Waals surface area (Å²) in [6.45, 7) is 4.37. The molecule has 1 N–H and O–H groups in total. The maximum absolute atomic E-state index is 12.8. The van der Waals surface area contributed by atoms with Crippen molar-refractivity contribution in [2.24, 2.45) is 0 Å². The van der Waals surface area contributed by atoms with Crippen LogP contribution >= 0.6 is 11.3 Å². The first-order valence-corrected chi connectivity index (χ1v) is 10.5. The molecule has 2 aromatic rings. The minimum Gasteiger partial charge on any atom is -0.333 e. The lowest BCUT2D eigenvalue weighted by Crippen LogP contribution is -2.40. The third-order valence-electron chi connectivity index (χ3n) is 5.39. The van der Waals surface area contributed by atoms with Crippen LogP contribution in [0.5, 0.6) is 0 Å². The van der Waals surface area contributed by atoms with Crippen molar-refractivity contribution >= 4 is 39.4 Å². The van der Waals surface area contributed by atoms with Crippen molar-refractivity contribution in [2.75, 3.05) is 13.1 Å². The number of nitrogens with zero attached hydrogens (tertiary/aromatic N) is 3. The number of urea groups is 1. The zero-order valence-electron chi connectivity index (χ0n) is 16.1. The Morgan fingerprint density at radius 3 is 2.82 bits per heavy atom. The first kappa shape index (κ1) is 18.9. The van der Waals surface area contributed by atoms with E-state index in [1.54, 1.807) is 25.2 Å². The Labute approximate surface area is 167 Å². The Hall–Kier alpha value is -2.48. The predicted octanol–water partition coefficient (Wildman–Crippen LogP) is 3.07. The molecule has 2 saturated heterocycles. The smallest absolute Gasteiger partial charge is 0.325 e. The molecule has 1 unspecified atom stereocenters. The Bertz CT molecular complexity index is 905. The number of rotatable bonds is 5. The normalized spacial score (nSPS) is 21.6. The van der Waals surface area contributed by atoms with Gasteiger partial charge in [-0.3, -0.25) is 14.5 Å². The van der Waals surface area contributed by atoms with Crippen LogP contribution in [0.2, 0.25) is 0 Å². The van der Waals surface area contributed by atoms with E-state index in [2.05, 4.69) is 11.4 Å². The molecule has 0 bridgehead atoms. The summed E-state index contributed by atoms with van der Waals surface area (Å²) in [5, 5.41) is 3.65. The van der Waals surface area contributed by atoms with Gasteiger partial charge in [0.1, 0.15) is 10.5 Å². The first-order chi connectivity index (χ1) is 13.4. The number of carbonyl (C=O) groups is 3. The summed E-state index contributed by atoms with van der Waals surface area (Å²) in [4.78, 5) is 44.8. The van der Waals surface area contributed by atoms with Gasteiger partial charge in [0.25, 0.3) is 5.91 Å². The standard InChI is InChI=1S/C20H24N4O3S/c1-20(2)18(26)24(19(27)22-20)12-6-10-16(25)23-11-5-8-14(23)17-21-13-7-3-4-9-15(13)28-17/h3-4,7,9,14H,5-6,8,10-12H2,1-2H3,(H,22,27). The van der Waals surface area contributed by atoms with Gasteiger partial charge in [0.2, 0.25) is 5.91 Å². The maximum Gasteiger partial charge on any atom is 0.325 e. The molecule has 0 aliphatic carbocycles. The van der Waals surface area contributed by atoms with E-state index in [0.29, 0.717) is 12.8 Å². The van der Waals surface area contributed by atoms with E-state index in [1.165, 1.54) is 4.90 Å². The number of likely N-dealkylation sites (tertiary alicyclic amines) is 1. The van der Waals surface area contributed by atoms with Crippen molar-refractivity contribution < 1.29 is 14.4 Å². The van der Waals surface area contributed by atoms with Crippen LogP contribution in [-0.4, -0.2) is 51.3 Å². The zero-order chi connectivity index (χ0) is 19.9. The predicted molar refractivity (Wildman–Crippen MR) is 107 cm³/mol. The molecule has 1 aromatic carbocycles. The number of aromatic nitrogens is 1. The second-order valence-electron chi connectivity index (χ2n) is 7.88. The van der Waals surface area contributed by atoms with Crippen LogP contribution in [0.25, 0.3) is 10.2 Å². The number of hydrogen-bond acceptors (Lipinski definition) is 5. The van der Waals surface area contributed by atoms with E-state index in [9.17, 15) is 14.4 Å². The van der Waals surface area contributed by atoms with Gasteiger partial charge < -0.3 is 10.2 Å². The molecule has 0 radical (unpaired) electrons. The fourth-order valence-electron chi connectivity index (χ4n) is 3.91. The number of carbonyl (C=O) groups excluding carboxylic acids is 3. The summed E-state index contributed by atoms with van der Waals surface area (Å²) in [7, 11) is 0. The van der Waals surface area contributed by atoms with Gasteiger partial charge in [0.05, 0.1) is 16.3 Å². The van der Waals surface area contributed by atoms with Gasteiger partial charge in [-0.15, -0.1) is 11.3 Å². The summed E-state index contributed by atoms with van der Waals surface area (Å²) in [5.74, 6) is -0.174. The third kappa shape index (κ3) is 3.37. The summed E-state index contributed by atoms with van der Waals surface area (Å²) in [5.41, 5.74) is 0.108. The van der Waals surface area contributed by atoms with E-state index in [0.717, 1.165) is 34.6 Å². The molecule has 4 rings (SSSR count). The molecule has 1 atom stereocenters. The van der Waals surface area contributed by atoms with Gasteiger partial charge in [-0.2, -0.15) is 0 Å². The van der Waals surface area contributed by atoms with E-state index in [4.69, 9.17) is 4.98 Å². The number of para-hydroxylation sites is 1. The van der Waals surface area contributed by atoms with Gasteiger partial charge in [-0.25, -0.2) is 9.78 Å². The molecule has 0 spiro atoms. The second-order valence-corrected chi connectivity index (χ2v) is 8.94. The highest BCUT2D eigenvalue weighted by atomic mass is 32.1. The number of fused-ring (bicyclic) bond motifs is 1. The van der Waals surface area contributed by atoms with Crippen LogP contribution in [0, 0.1) is 0 Å². The van der Waals surface area contributed by atoms with Gasteiger partial charge >= 0.3 is 6.03 Å². The van der Waals surface area contributed by atoms with Crippen LogP contribution in [0.3, 0.4) is 0 Å². The van der Waals surface area contributed by atoms with Crippen LogP contribution < -0.4 is 5.32 Å². The molecule has 4 amide bonds. The molecule has 8 heteroatoms. The molecule has 28 heavy (non-hydrogen) atoms. The average molecular weight is 401 g/mol. The zero-order valence-corrected chi connectivity index (χ0v) is 16.9. The van der Waals surface area contributed by atoms with Crippen molar-refractivity contribution in [3.8, 4) is 0 Å². The number of hydrogen-bond donors (Lipinski definition) is 1. The van der Waals surface area contributed by atoms with Crippen LogP contribution in [0.4, 0.5) is 4.79 Å². The topological polar surface area (TPSA) is 82.6 Å². The van der Waals surface area contributed by atoms with E-state index < -0.39 is 5.54 Å². The Morgan fingerprint density at radius 1 is 1.32 bits per heavy atom. The summed E-state index contributed by atoms with van der Waals surface area (Å²) < 4.78 is 1.14. The van der Waals surface area contributed by atoms with Crippen molar-refractivity contribution in [1.29, 1.82) is 0 Å². The molecular weight excluding hydrogens is 376 g/mol. The number of thiazole rings is 1. The largest absolute Gasteiger partial charge is 0.333 e. The number of amides is 4. The molecule has 1 aromatic heterocycles. The van der Waals surface area contributed by atoms with Gasteiger partial charge in [0.15, 0.2) is 0 Å². The molecular formula is C20H24N4O3S. The van der Waals surface area contributed by atoms with Crippen LogP contribution in [0.1, 0.15) is 50.6 Å². The van der Waals surface area contributed by atoms with Crippen molar-refractivity contribution in [1.82, 2.24) is 20.1 Å². The molecule has 2 aliphatic heterocycles. The highest BCUT2D eigenvalue weighted by molar-refractivity contribution is 7.18. The highest BCUT2D eigenvalue weighted by Gasteiger charge is 2.43. The lowest BCUT2D eigenvalue weighted by Gasteiger charge is -2.23. The molecule has 2 aliphatic rings. The van der Waals surface area contributed by atoms with Crippen molar-refractivity contribution in [3.05, 3.63) is 29.3 Å². The van der Waals surface area contributed by atoms with Gasteiger partial charge in [0, 0.05) is 19.5 Å². The van der Waals surface area contributed by atoms with Gasteiger partial charge in [-0.1, -0.05) is 12.1 Å². The summed E-state index contributed by atoms with van der Waals surface area (Å²) in [6.07, 6.45) is 2.68. The quantitative estimate of drug-likeness (QED) is 0.782. The summed E-state index contributed by atoms with van der Waals surface area (Å²) in [6, 6.07) is 7.67. The van der Waals surface area contributed by atoms with Crippen molar-refractivity contribution in [3.63, 3.8) is 0 Å². The van der Waals surface area contributed by atoms with E-state index in [-0.39, 0.29) is 30.4 Å². The minimum atomic E-state index is -0.867. The minimum absolute atomic E-state index is 0.0283. The lowest BCUT2D eigenvalue weighted by atomic mass is 10.1. The maximum atomic E-state index is 12.8. The number of nitrogens with one attached hydrogen (secondary N) is 1. The fourth-order valence-corrected chi connectivity index (χ4v) is 5.02. The molecule has 3 heterocycles. The Morgan fingerprint density at radius 2 is 2.11 bits per heavy atom. The van der Waals surface area contributed by atoms with Crippen molar-refractivity contribution in [2.45, 2.75) is 51.1 Å². The van der Waals surface area contributed by atoms with Gasteiger partial charge in [-0.05, 0) is 45.2 Å². The second kappa shape index (κ2) is 7.16. The number of imide groups is 1. The highest BCUT2D eigenvalue weighted by Crippen LogP contribution is 2.36. The monoisotopic (exact) mass is 400 g/mol. The Balaban J connectivity index is 1.38. The molecule has 7 nitrogen and oxygen atoms in total. The lowest BCUT2D eigenvalue weighted by molar-refractivity contribution is -0.133. The molecule has 148 valence electrons. The average Bonchev–Trinajstić information content (AvgIpc) is 3.33. The van der Waals surface area contributed by atoms with E-state index >= 15 is 0 Å². The van der Waals surface area contributed by atoms with Crippen LogP contribution in [-0.2, 0) is 9.59 Å². The molecule has 0 saturated carbocycles. The van der Waals surface area contributed by atoms with E-state index in [1.807, 2.05) is 23.1 Å². The first-order valence-electron chi connectivity index (χ1n) is 9.66. The Kier molecular flexibility index (Phi) is 4.82. The third-order valence-corrected chi connectivity index (χ3v) is 6.52. The van der Waals surface area contributed by atoms with Crippen LogP contribution in [0.15, 0.2) is 24.3 Å². The SMILES string of the molecule is CC1(C)NC(=O)N(CCCC(=O)N2CCCC2c2nc3ccccc3s2)C1=O. The summed E-state index contributed by atoms with van der Waals surface area (Å²) >= 11 is 1.65.